The van der Waals surface area contributed by atoms with E-state index in [-0.39, 0.29) is 24.8 Å². The van der Waals surface area contributed by atoms with Crippen LogP contribution in [0.15, 0.2) is 48.5 Å². The van der Waals surface area contributed by atoms with Crippen LogP contribution in [0.3, 0.4) is 0 Å². The van der Waals surface area contributed by atoms with Crippen LogP contribution in [-0.2, 0) is 11.3 Å². The molecule has 0 spiro atoms. The molecule has 6 heteroatoms. The lowest BCUT2D eigenvalue weighted by Gasteiger charge is -2.18. The summed E-state index contributed by atoms with van der Waals surface area (Å²) in [5, 5.41) is 5.65. The smallest absolute Gasteiger partial charge is 0.255 e. The second-order valence-corrected chi connectivity index (χ2v) is 6.42. The van der Waals surface area contributed by atoms with E-state index in [1.54, 1.807) is 24.3 Å². The first-order valence-corrected chi connectivity index (χ1v) is 9.59. The highest BCUT2D eigenvalue weighted by atomic mass is 16.5. The van der Waals surface area contributed by atoms with Crippen LogP contribution < -0.4 is 15.4 Å². The number of carbonyl (C=O) groups is 2. The molecule has 0 aromatic heterocycles. The topological polar surface area (TPSA) is 70.7 Å². The fraction of sp³-hybridized carbons (Fsp3) is 0.364. The number of hydrogen-bond donors (Lipinski definition) is 2. The quantitative estimate of drug-likeness (QED) is 0.660. The van der Waals surface area contributed by atoms with Gasteiger partial charge in [0, 0.05) is 25.2 Å². The van der Waals surface area contributed by atoms with Crippen molar-refractivity contribution in [2.75, 3.05) is 32.1 Å². The lowest BCUT2D eigenvalue weighted by Crippen LogP contribution is -2.28. The molecule has 2 amide bonds. The minimum atomic E-state index is -0.258. The summed E-state index contributed by atoms with van der Waals surface area (Å²) in [5.74, 6) is 0.112. The molecule has 0 radical (unpaired) electrons. The number of anilines is 1. The molecular formula is C22H29N3O3. The Morgan fingerprint density at radius 1 is 1.04 bits per heavy atom. The molecule has 2 rings (SSSR count). The summed E-state index contributed by atoms with van der Waals surface area (Å²) >= 11 is 0. The van der Waals surface area contributed by atoms with E-state index in [2.05, 4.69) is 35.4 Å². The molecule has 0 unspecified atom stereocenters. The number of nitrogens with zero attached hydrogens (tertiary/aromatic N) is 1. The first-order valence-electron chi connectivity index (χ1n) is 9.59. The molecule has 28 heavy (non-hydrogen) atoms. The lowest BCUT2D eigenvalue weighted by atomic mass is 10.1. The second-order valence-electron chi connectivity index (χ2n) is 6.42. The molecule has 2 aromatic rings. The largest absolute Gasteiger partial charge is 0.496 e. The number of rotatable bonds is 10. The van der Waals surface area contributed by atoms with Crippen LogP contribution in [-0.4, -0.2) is 43.5 Å². The fourth-order valence-electron chi connectivity index (χ4n) is 2.89. The predicted octanol–water partition coefficient (Wildman–Crippen LogP) is 3.30. The van der Waals surface area contributed by atoms with Gasteiger partial charge in [0.05, 0.1) is 12.7 Å². The zero-order valence-electron chi connectivity index (χ0n) is 16.8. The van der Waals surface area contributed by atoms with Gasteiger partial charge in [-0.2, -0.15) is 0 Å². The number of benzene rings is 2. The van der Waals surface area contributed by atoms with Crippen LogP contribution in [0.25, 0.3) is 0 Å². The van der Waals surface area contributed by atoms with Gasteiger partial charge in [0.2, 0.25) is 5.91 Å². The number of para-hydroxylation sites is 1. The SMILES string of the molecule is CCN(CC)Cc1cccc(NC(=O)CCNC(=O)c2ccccc2OC)c1. The van der Waals surface area contributed by atoms with Crippen LogP contribution in [0.2, 0.25) is 0 Å². The van der Waals surface area contributed by atoms with Crippen molar-refractivity contribution >= 4 is 17.5 Å². The van der Waals surface area contributed by atoms with Crippen LogP contribution >= 0.6 is 0 Å². The molecule has 150 valence electrons. The summed E-state index contributed by atoms with van der Waals surface area (Å²) in [5.41, 5.74) is 2.38. The van der Waals surface area contributed by atoms with Crippen LogP contribution in [0.1, 0.15) is 36.2 Å². The van der Waals surface area contributed by atoms with Crippen molar-refractivity contribution in [2.24, 2.45) is 0 Å². The van der Waals surface area contributed by atoms with E-state index in [1.165, 1.54) is 7.11 Å². The summed E-state index contributed by atoms with van der Waals surface area (Å²) in [6.07, 6.45) is 0.196. The molecule has 0 aliphatic heterocycles. The minimum Gasteiger partial charge on any atom is -0.496 e. The molecule has 0 fully saturated rings. The Morgan fingerprint density at radius 3 is 2.50 bits per heavy atom. The highest BCUT2D eigenvalue weighted by molar-refractivity contribution is 5.97. The van der Waals surface area contributed by atoms with Gasteiger partial charge in [0.15, 0.2) is 0 Å². The number of amides is 2. The van der Waals surface area contributed by atoms with E-state index in [0.717, 1.165) is 30.9 Å². The third kappa shape index (κ3) is 6.39. The molecular weight excluding hydrogens is 354 g/mol. The zero-order chi connectivity index (χ0) is 20.4. The minimum absolute atomic E-state index is 0.139. The number of nitrogens with one attached hydrogen (secondary N) is 2. The Labute approximate surface area is 166 Å². The third-order valence-corrected chi connectivity index (χ3v) is 4.50. The summed E-state index contributed by atoms with van der Waals surface area (Å²) in [6.45, 7) is 7.34. The maximum atomic E-state index is 12.2. The Hall–Kier alpha value is -2.86. The van der Waals surface area contributed by atoms with Gasteiger partial charge < -0.3 is 15.4 Å². The van der Waals surface area contributed by atoms with E-state index in [9.17, 15) is 9.59 Å². The molecule has 2 aromatic carbocycles. The van der Waals surface area contributed by atoms with Gasteiger partial charge in [-0.05, 0) is 42.9 Å². The van der Waals surface area contributed by atoms with Gasteiger partial charge in [-0.3, -0.25) is 14.5 Å². The molecule has 2 N–H and O–H groups in total. The summed E-state index contributed by atoms with van der Waals surface area (Å²) in [6, 6.07) is 14.9. The summed E-state index contributed by atoms with van der Waals surface area (Å²) in [7, 11) is 1.52. The van der Waals surface area contributed by atoms with Crippen molar-refractivity contribution in [3.63, 3.8) is 0 Å². The van der Waals surface area contributed by atoms with Crippen LogP contribution in [0.5, 0.6) is 5.75 Å². The average molecular weight is 383 g/mol. The van der Waals surface area contributed by atoms with E-state index >= 15 is 0 Å². The van der Waals surface area contributed by atoms with Crippen LogP contribution in [0, 0.1) is 0 Å². The Balaban J connectivity index is 1.83. The van der Waals surface area contributed by atoms with Gasteiger partial charge in [0.1, 0.15) is 5.75 Å². The van der Waals surface area contributed by atoms with Crippen molar-refractivity contribution in [1.29, 1.82) is 0 Å². The third-order valence-electron chi connectivity index (χ3n) is 4.50. The van der Waals surface area contributed by atoms with Gasteiger partial charge in [-0.1, -0.05) is 38.1 Å². The highest BCUT2D eigenvalue weighted by Gasteiger charge is 2.11. The maximum Gasteiger partial charge on any atom is 0.255 e. The standard InChI is InChI=1S/C22H29N3O3/c1-4-25(5-2)16-17-9-8-10-18(15-17)24-21(26)13-14-23-22(27)19-11-6-7-12-20(19)28-3/h6-12,15H,4-5,13-14,16H2,1-3H3,(H,23,27)(H,24,26). The molecule has 0 saturated heterocycles. The normalized spacial score (nSPS) is 10.6. The number of hydrogen-bond acceptors (Lipinski definition) is 4. The lowest BCUT2D eigenvalue weighted by molar-refractivity contribution is -0.116. The van der Waals surface area contributed by atoms with E-state index in [4.69, 9.17) is 4.74 Å². The monoisotopic (exact) mass is 383 g/mol. The Bertz CT molecular complexity index is 788. The molecule has 6 nitrogen and oxygen atoms in total. The molecule has 0 bridgehead atoms. The first-order chi connectivity index (χ1) is 13.6. The van der Waals surface area contributed by atoms with Gasteiger partial charge in [-0.25, -0.2) is 0 Å². The zero-order valence-corrected chi connectivity index (χ0v) is 16.8. The second kappa shape index (κ2) is 11.1. The van der Waals surface area contributed by atoms with E-state index in [1.807, 2.05) is 18.2 Å². The highest BCUT2D eigenvalue weighted by Crippen LogP contribution is 2.17. The van der Waals surface area contributed by atoms with E-state index < -0.39 is 0 Å². The molecule has 0 atom stereocenters. The van der Waals surface area contributed by atoms with Crippen molar-refractivity contribution in [3.05, 3.63) is 59.7 Å². The van der Waals surface area contributed by atoms with Crippen molar-refractivity contribution in [3.8, 4) is 5.75 Å². The van der Waals surface area contributed by atoms with Crippen LogP contribution in [0.4, 0.5) is 5.69 Å². The van der Waals surface area contributed by atoms with Crippen molar-refractivity contribution in [2.45, 2.75) is 26.8 Å². The molecule has 0 heterocycles. The first kappa shape index (κ1) is 21.4. The Kier molecular flexibility index (Phi) is 8.49. The molecule has 0 saturated carbocycles. The number of methoxy groups -OCH3 is 1. The molecule has 0 aliphatic carbocycles. The summed E-state index contributed by atoms with van der Waals surface area (Å²) in [4.78, 5) is 26.8. The maximum absolute atomic E-state index is 12.2. The summed E-state index contributed by atoms with van der Waals surface area (Å²) < 4.78 is 5.18. The van der Waals surface area contributed by atoms with Gasteiger partial charge in [0.25, 0.3) is 5.91 Å². The van der Waals surface area contributed by atoms with Crippen molar-refractivity contribution in [1.82, 2.24) is 10.2 Å². The Morgan fingerprint density at radius 2 is 1.79 bits per heavy atom. The average Bonchev–Trinajstić information content (AvgIpc) is 2.72. The van der Waals surface area contributed by atoms with Gasteiger partial charge in [-0.15, -0.1) is 0 Å². The number of carbonyl (C=O) groups excluding carboxylic acids is 2. The molecule has 0 aliphatic rings. The fourth-order valence-corrected chi connectivity index (χ4v) is 2.89. The predicted molar refractivity (Wildman–Crippen MR) is 112 cm³/mol. The van der Waals surface area contributed by atoms with E-state index in [0.29, 0.717) is 11.3 Å². The van der Waals surface area contributed by atoms with Gasteiger partial charge >= 0.3 is 0 Å². The van der Waals surface area contributed by atoms with Crippen molar-refractivity contribution < 1.29 is 14.3 Å². The number of ether oxygens (including phenoxy) is 1.